The monoisotopic (exact) mass is 553 g/mol. The molecule has 6 rings (SSSR count). The molecule has 4 aromatic heterocycles. The van der Waals surface area contributed by atoms with E-state index < -0.39 is 5.60 Å². The van der Waals surface area contributed by atoms with Crippen LogP contribution in [0, 0.1) is 29.1 Å². The van der Waals surface area contributed by atoms with Crippen LogP contribution in [0.3, 0.4) is 0 Å². The van der Waals surface area contributed by atoms with Gasteiger partial charge in [-0.2, -0.15) is 10.4 Å². The summed E-state index contributed by atoms with van der Waals surface area (Å²) in [5.74, 6) is 2.68. The number of methoxy groups -OCH3 is 1. The number of nitrogens with zero attached hydrogens (tertiary/aromatic N) is 6. The smallest absolute Gasteiger partial charge is 0.224 e. The average Bonchev–Trinajstić information content (AvgIpc) is 3.28. The predicted octanol–water partition coefficient (Wildman–Crippen LogP) is 2.82. The lowest BCUT2D eigenvalue weighted by atomic mass is 10.1. The molecule has 1 saturated carbocycles. The summed E-state index contributed by atoms with van der Waals surface area (Å²) in [6.07, 6.45) is 6.72. The molecule has 0 bridgehead atoms. The first-order chi connectivity index (χ1) is 19.7. The first kappa shape index (κ1) is 26.5. The molecule has 11 nitrogen and oxygen atoms in total. The summed E-state index contributed by atoms with van der Waals surface area (Å²) in [5.41, 5.74) is 2.63. The van der Waals surface area contributed by atoms with Gasteiger partial charge < -0.3 is 24.8 Å². The van der Waals surface area contributed by atoms with E-state index in [-0.39, 0.29) is 18.4 Å². The van der Waals surface area contributed by atoms with E-state index in [9.17, 15) is 15.2 Å². The first-order valence-electron chi connectivity index (χ1n) is 13.5. The van der Waals surface area contributed by atoms with Crippen molar-refractivity contribution in [1.82, 2.24) is 24.9 Å². The van der Waals surface area contributed by atoms with Gasteiger partial charge in [-0.1, -0.05) is 6.07 Å². The van der Waals surface area contributed by atoms with Gasteiger partial charge in [0.15, 0.2) is 0 Å². The highest BCUT2D eigenvalue weighted by Gasteiger charge is 2.59. The van der Waals surface area contributed by atoms with E-state index >= 15 is 0 Å². The third-order valence-corrected chi connectivity index (χ3v) is 7.65. The van der Waals surface area contributed by atoms with Gasteiger partial charge >= 0.3 is 0 Å². The van der Waals surface area contributed by atoms with E-state index in [0.717, 1.165) is 35.6 Å². The Morgan fingerprint density at radius 2 is 1.98 bits per heavy atom. The molecule has 0 spiro atoms. The Labute approximate surface area is 237 Å². The Bertz CT molecular complexity index is 1610. The number of hydrogen-bond acceptors (Lipinski definition) is 9. The molecule has 0 aromatic carbocycles. The van der Waals surface area contributed by atoms with Crippen LogP contribution in [-0.2, 0) is 11.3 Å². The highest BCUT2D eigenvalue weighted by atomic mass is 16.5. The molecule has 2 aliphatic rings. The zero-order valence-electron chi connectivity index (χ0n) is 23.1. The summed E-state index contributed by atoms with van der Waals surface area (Å²) in [6.45, 7) is 5.47. The number of carbonyl (C=O) groups is 1. The standard InChI is InChI=1S/C30H31N7O4/c1-30(2,39)17-41-21-8-22(28-20(9-31)13-35-37(28)14-21)19-5-6-25(32-12-19)36-15-23-24(16-36)27(23)29(38)34-11-18-4-7-26(40-3)33-10-18/h4-8,10,12-14,23-24,27,39H,11,15-17H2,1-3H3,(H,34,38)/t23-,24+,27?. The maximum atomic E-state index is 12.8. The molecule has 3 atom stereocenters. The van der Waals surface area contributed by atoms with E-state index in [2.05, 4.69) is 26.4 Å². The van der Waals surface area contributed by atoms with Crippen LogP contribution in [0.25, 0.3) is 16.6 Å². The van der Waals surface area contributed by atoms with Crippen molar-refractivity contribution in [2.24, 2.45) is 17.8 Å². The van der Waals surface area contributed by atoms with Crippen LogP contribution in [0.4, 0.5) is 5.82 Å². The maximum absolute atomic E-state index is 12.8. The van der Waals surface area contributed by atoms with Gasteiger partial charge in [0.25, 0.3) is 0 Å². The fourth-order valence-corrected chi connectivity index (χ4v) is 5.52. The zero-order valence-corrected chi connectivity index (χ0v) is 23.1. The van der Waals surface area contributed by atoms with Gasteiger partial charge in [0, 0.05) is 55.1 Å². The minimum absolute atomic E-state index is 0.0305. The summed E-state index contributed by atoms with van der Waals surface area (Å²) in [7, 11) is 1.57. The van der Waals surface area contributed by atoms with Gasteiger partial charge in [0.2, 0.25) is 11.8 Å². The Morgan fingerprint density at radius 1 is 1.17 bits per heavy atom. The van der Waals surface area contributed by atoms with Crippen molar-refractivity contribution in [1.29, 1.82) is 5.26 Å². The molecule has 5 heterocycles. The molecule has 2 fully saturated rings. The highest BCUT2D eigenvalue weighted by molar-refractivity contribution is 5.85. The lowest BCUT2D eigenvalue weighted by Crippen LogP contribution is -2.31. The minimum Gasteiger partial charge on any atom is -0.489 e. The molecular formula is C30H31N7O4. The number of piperidine rings is 1. The van der Waals surface area contributed by atoms with Crippen LogP contribution < -0.4 is 19.7 Å². The van der Waals surface area contributed by atoms with Crippen LogP contribution in [-0.4, -0.2) is 63.0 Å². The third kappa shape index (κ3) is 5.38. The summed E-state index contributed by atoms with van der Waals surface area (Å²) in [4.78, 5) is 23.9. The van der Waals surface area contributed by atoms with Crippen molar-refractivity contribution < 1.29 is 19.4 Å². The largest absolute Gasteiger partial charge is 0.489 e. The second-order valence-corrected chi connectivity index (χ2v) is 11.2. The number of rotatable bonds is 9. The van der Waals surface area contributed by atoms with Crippen LogP contribution in [0.15, 0.2) is 55.1 Å². The second kappa shape index (κ2) is 10.4. The van der Waals surface area contributed by atoms with Crippen molar-refractivity contribution in [2.45, 2.75) is 26.0 Å². The number of ether oxygens (including phenoxy) is 2. The molecule has 1 unspecified atom stereocenters. The Balaban J connectivity index is 1.11. The van der Waals surface area contributed by atoms with E-state index in [1.165, 1.54) is 6.20 Å². The number of aliphatic hydroxyl groups is 1. The lowest BCUT2D eigenvalue weighted by Gasteiger charge is -2.21. The fourth-order valence-electron chi connectivity index (χ4n) is 5.52. The number of fused-ring (bicyclic) bond motifs is 2. The number of amides is 1. The average molecular weight is 554 g/mol. The van der Waals surface area contributed by atoms with E-state index in [1.54, 1.807) is 50.1 Å². The SMILES string of the molecule is COc1ccc(CNC(=O)C2[C@H]3CN(c4ccc(-c5cc(OCC(C)(C)O)cn6ncc(C#N)c56)cn4)C[C@@H]23)cn1. The fraction of sp³-hybridized carbons (Fsp3) is 0.367. The highest BCUT2D eigenvalue weighted by Crippen LogP contribution is 2.52. The number of anilines is 1. The van der Waals surface area contributed by atoms with Gasteiger partial charge in [0.05, 0.1) is 36.2 Å². The topological polar surface area (TPSA) is 138 Å². The summed E-state index contributed by atoms with van der Waals surface area (Å²) >= 11 is 0. The van der Waals surface area contributed by atoms with Crippen LogP contribution >= 0.6 is 0 Å². The number of carbonyl (C=O) groups excluding carboxylic acids is 1. The van der Waals surface area contributed by atoms with Crippen molar-refractivity contribution in [3.8, 4) is 28.8 Å². The van der Waals surface area contributed by atoms with Gasteiger partial charge in [-0.15, -0.1) is 0 Å². The minimum atomic E-state index is -0.996. The van der Waals surface area contributed by atoms with Gasteiger partial charge in [-0.25, -0.2) is 14.5 Å². The van der Waals surface area contributed by atoms with Gasteiger partial charge in [-0.05, 0) is 49.4 Å². The Hall–Kier alpha value is -4.69. The van der Waals surface area contributed by atoms with Crippen LogP contribution in [0.5, 0.6) is 11.6 Å². The molecule has 41 heavy (non-hydrogen) atoms. The molecule has 210 valence electrons. The lowest BCUT2D eigenvalue weighted by molar-refractivity contribution is -0.123. The molecular weight excluding hydrogens is 522 g/mol. The number of hydrogen-bond donors (Lipinski definition) is 2. The zero-order chi connectivity index (χ0) is 28.7. The van der Waals surface area contributed by atoms with Crippen molar-refractivity contribution in [3.63, 3.8) is 0 Å². The van der Waals surface area contributed by atoms with E-state index in [0.29, 0.717) is 41.1 Å². The quantitative estimate of drug-likeness (QED) is 0.320. The van der Waals surface area contributed by atoms with Crippen molar-refractivity contribution in [2.75, 3.05) is 31.7 Å². The summed E-state index contributed by atoms with van der Waals surface area (Å²) in [6, 6.07) is 11.7. The Morgan fingerprint density at radius 3 is 2.61 bits per heavy atom. The number of nitriles is 1. The van der Waals surface area contributed by atoms with Crippen LogP contribution in [0.2, 0.25) is 0 Å². The molecule has 2 N–H and O–H groups in total. The number of pyridine rings is 3. The van der Waals surface area contributed by atoms with E-state index in [4.69, 9.17) is 14.5 Å². The van der Waals surface area contributed by atoms with Gasteiger partial charge in [0.1, 0.15) is 24.2 Å². The molecule has 1 aliphatic carbocycles. The van der Waals surface area contributed by atoms with Crippen molar-refractivity contribution >= 4 is 17.2 Å². The maximum Gasteiger partial charge on any atom is 0.224 e. The molecule has 0 radical (unpaired) electrons. The second-order valence-electron chi connectivity index (χ2n) is 11.2. The Kier molecular flexibility index (Phi) is 6.71. The first-order valence-corrected chi connectivity index (χ1v) is 13.5. The normalized spacial score (nSPS) is 19.5. The molecule has 1 aliphatic heterocycles. The number of aromatic nitrogens is 4. The molecule has 4 aromatic rings. The predicted molar refractivity (Wildman–Crippen MR) is 150 cm³/mol. The molecule has 1 amide bonds. The van der Waals surface area contributed by atoms with Gasteiger partial charge in [-0.3, -0.25) is 4.79 Å². The molecule has 1 saturated heterocycles. The summed E-state index contributed by atoms with van der Waals surface area (Å²) in [5, 5.41) is 27.1. The number of nitrogens with one attached hydrogen (secondary N) is 1. The summed E-state index contributed by atoms with van der Waals surface area (Å²) < 4.78 is 12.5. The molecule has 11 heteroatoms. The third-order valence-electron chi connectivity index (χ3n) is 7.65. The van der Waals surface area contributed by atoms with Crippen LogP contribution in [0.1, 0.15) is 25.0 Å². The van der Waals surface area contributed by atoms with Crippen molar-refractivity contribution in [3.05, 3.63) is 66.2 Å². The van der Waals surface area contributed by atoms with E-state index in [1.807, 2.05) is 24.3 Å².